The van der Waals surface area contributed by atoms with Crippen molar-refractivity contribution in [3.05, 3.63) is 35.9 Å². The number of rotatable bonds is 2. The van der Waals surface area contributed by atoms with E-state index in [1.165, 1.54) is 12.0 Å². The van der Waals surface area contributed by atoms with Crippen LogP contribution >= 0.6 is 0 Å². The van der Waals surface area contributed by atoms with Crippen molar-refractivity contribution >= 4 is 5.78 Å². The fourth-order valence-electron chi connectivity index (χ4n) is 3.03. The Morgan fingerprint density at radius 1 is 1.12 bits per heavy atom. The molecule has 0 bridgehead atoms. The first-order valence-corrected chi connectivity index (χ1v) is 6.60. The molecule has 2 atom stereocenters. The average molecular weight is 230 g/mol. The van der Waals surface area contributed by atoms with E-state index in [-0.39, 0.29) is 11.3 Å². The molecule has 1 heteroatoms. The summed E-state index contributed by atoms with van der Waals surface area (Å²) >= 11 is 0. The largest absolute Gasteiger partial charge is 0.299 e. The zero-order chi connectivity index (χ0) is 12.5. The topological polar surface area (TPSA) is 17.1 Å². The normalized spacial score (nSPS) is 25.9. The van der Waals surface area contributed by atoms with Crippen molar-refractivity contribution < 1.29 is 4.79 Å². The molecule has 1 aromatic carbocycles. The van der Waals surface area contributed by atoms with E-state index in [1.54, 1.807) is 0 Å². The van der Waals surface area contributed by atoms with E-state index in [9.17, 15) is 4.79 Å². The van der Waals surface area contributed by atoms with Gasteiger partial charge in [-0.25, -0.2) is 0 Å². The first-order valence-electron chi connectivity index (χ1n) is 6.60. The molecule has 17 heavy (non-hydrogen) atoms. The Hall–Kier alpha value is -1.11. The van der Waals surface area contributed by atoms with Crippen LogP contribution in [0.25, 0.3) is 0 Å². The van der Waals surface area contributed by atoms with Gasteiger partial charge in [0.25, 0.3) is 0 Å². The van der Waals surface area contributed by atoms with Crippen LogP contribution in [-0.4, -0.2) is 5.78 Å². The van der Waals surface area contributed by atoms with E-state index >= 15 is 0 Å². The number of ketones is 1. The summed E-state index contributed by atoms with van der Waals surface area (Å²) in [6, 6.07) is 10.4. The van der Waals surface area contributed by atoms with Gasteiger partial charge in [0.1, 0.15) is 5.78 Å². The second-order valence-electron chi connectivity index (χ2n) is 5.99. The second kappa shape index (κ2) is 4.64. The maximum Gasteiger partial charge on any atom is 0.137 e. The maximum atomic E-state index is 12.2. The third kappa shape index (κ3) is 2.43. The van der Waals surface area contributed by atoms with E-state index < -0.39 is 0 Å². The predicted molar refractivity (Wildman–Crippen MR) is 71.0 cm³/mol. The lowest BCUT2D eigenvalue weighted by Gasteiger charge is -2.37. The van der Waals surface area contributed by atoms with Crippen LogP contribution in [0.4, 0.5) is 0 Å². The molecule has 1 aliphatic rings. The highest BCUT2D eigenvalue weighted by Gasteiger charge is 2.38. The van der Waals surface area contributed by atoms with Crippen molar-refractivity contribution in [3.63, 3.8) is 0 Å². The van der Waals surface area contributed by atoms with Crippen LogP contribution in [0.1, 0.15) is 45.6 Å². The van der Waals surface area contributed by atoms with E-state index in [1.807, 2.05) is 6.07 Å². The molecule has 1 saturated carbocycles. The molecular weight excluding hydrogens is 208 g/mol. The Morgan fingerprint density at radius 3 is 2.35 bits per heavy atom. The number of carbonyl (C=O) groups excluding carboxylic acids is 1. The molecule has 2 rings (SSSR count). The van der Waals surface area contributed by atoms with Gasteiger partial charge in [0.15, 0.2) is 0 Å². The molecule has 92 valence electrons. The molecule has 1 aromatic rings. The molecule has 0 heterocycles. The summed E-state index contributed by atoms with van der Waals surface area (Å²) in [6.45, 7) is 6.60. The molecule has 0 radical (unpaired) electrons. The minimum absolute atomic E-state index is 0.0293. The van der Waals surface area contributed by atoms with Crippen molar-refractivity contribution in [1.82, 2.24) is 0 Å². The van der Waals surface area contributed by atoms with Gasteiger partial charge in [0.05, 0.1) is 0 Å². The van der Waals surface area contributed by atoms with Gasteiger partial charge in [-0.3, -0.25) is 4.79 Å². The lowest BCUT2D eigenvalue weighted by atomic mass is 9.65. The van der Waals surface area contributed by atoms with Crippen LogP contribution in [0, 0.1) is 11.8 Å². The Morgan fingerprint density at radius 2 is 1.76 bits per heavy atom. The van der Waals surface area contributed by atoms with Gasteiger partial charge in [0.2, 0.25) is 0 Å². The summed E-state index contributed by atoms with van der Waals surface area (Å²) < 4.78 is 0. The van der Waals surface area contributed by atoms with Crippen molar-refractivity contribution in [1.29, 1.82) is 0 Å². The number of hydrogen-bond donors (Lipinski definition) is 0. The molecule has 0 saturated heterocycles. The number of benzene rings is 1. The quantitative estimate of drug-likeness (QED) is 0.751. The summed E-state index contributed by atoms with van der Waals surface area (Å²) in [5, 5.41) is 0. The molecule has 1 unspecified atom stereocenters. The third-order valence-electron chi connectivity index (χ3n) is 4.28. The molecule has 0 aromatic heterocycles. The summed E-state index contributed by atoms with van der Waals surface area (Å²) in [5.41, 5.74) is 1.26. The predicted octanol–water partition coefficient (Wildman–Crippen LogP) is 3.97. The van der Waals surface area contributed by atoms with Crippen LogP contribution in [0.15, 0.2) is 30.3 Å². The zero-order valence-electron chi connectivity index (χ0n) is 11.1. The summed E-state index contributed by atoms with van der Waals surface area (Å²) in [4.78, 5) is 12.2. The smallest absolute Gasteiger partial charge is 0.137 e. The number of hydrogen-bond acceptors (Lipinski definition) is 1. The van der Waals surface area contributed by atoms with Gasteiger partial charge >= 0.3 is 0 Å². The van der Waals surface area contributed by atoms with Crippen LogP contribution < -0.4 is 0 Å². The molecule has 0 amide bonds. The highest BCUT2D eigenvalue weighted by Crippen LogP contribution is 2.40. The summed E-state index contributed by atoms with van der Waals surface area (Å²) in [5.74, 6) is 1.23. The minimum atomic E-state index is -0.0293. The summed E-state index contributed by atoms with van der Waals surface area (Å²) in [6.07, 6.45) is 3.00. The Labute approximate surface area is 104 Å². The van der Waals surface area contributed by atoms with E-state index in [0.29, 0.717) is 11.7 Å². The van der Waals surface area contributed by atoms with Crippen molar-refractivity contribution in [2.24, 2.45) is 11.8 Å². The van der Waals surface area contributed by atoms with Crippen molar-refractivity contribution in [2.75, 3.05) is 0 Å². The van der Waals surface area contributed by atoms with E-state index in [0.717, 1.165) is 12.8 Å². The standard InChI is InChI=1S/C16H22O/c1-12-9-10-14(15(17)11-12)16(2,3)13-7-5-4-6-8-13/h4-8,12,14H,9-11H2,1-3H3/t12-,14?/m1/s1. The molecular formula is C16H22O. The van der Waals surface area contributed by atoms with Gasteiger partial charge in [-0.2, -0.15) is 0 Å². The monoisotopic (exact) mass is 230 g/mol. The zero-order valence-corrected chi connectivity index (χ0v) is 11.1. The highest BCUT2D eigenvalue weighted by molar-refractivity contribution is 5.83. The average Bonchev–Trinajstić information content (AvgIpc) is 2.29. The van der Waals surface area contributed by atoms with E-state index in [2.05, 4.69) is 45.0 Å². The molecule has 0 aliphatic heterocycles. The SMILES string of the molecule is C[C@@H]1CCC(C(C)(C)c2ccccc2)C(=O)C1. The number of carbonyl (C=O) groups is 1. The van der Waals surface area contributed by atoms with Gasteiger partial charge in [-0.05, 0) is 29.7 Å². The maximum absolute atomic E-state index is 12.2. The fourth-order valence-corrected chi connectivity index (χ4v) is 3.03. The molecule has 1 aliphatic carbocycles. The highest BCUT2D eigenvalue weighted by atomic mass is 16.1. The Bertz CT molecular complexity index is 391. The van der Waals surface area contributed by atoms with Crippen LogP contribution in [0.5, 0.6) is 0 Å². The summed E-state index contributed by atoms with van der Waals surface area (Å²) in [7, 11) is 0. The molecule has 1 nitrogen and oxygen atoms in total. The lowest BCUT2D eigenvalue weighted by Crippen LogP contribution is -2.38. The first-order chi connectivity index (χ1) is 8.01. The second-order valence-corrected chi connectivity index (χ2v) is 5.99. The van der Waals surface area contributed by atoms with Crippen LogP contribution in [-0.2, 0) is 10.2 Å². The minimum Gasteiger partial charge on any atom is -0.299 e. The third-order valence-corrected chi connectivity index (χ3v) is 4.28. The van der Waals surface area contributed by atoms with Crippen LogP contribution in [0.2, 0.25) is 0 Å². The van der Waals surface area contributed by atoms with Gasteiger partial charge < -0.3 is 0 Å². The Kier molecular flexibility index (Phi) is 3.37. The number of Topliss-reactive ketones (excluding diaryl/α,β-unsaturated/α-hetero) is 1. The lowest BCUT2D eigenvalue weighted by molar-refractivity contribution is -0.128. The Balaban J connectivity index is 2.24. The fraction of sp³-hybridized carbons (Fsp3) is 0.562. The molecule has 0 spiro atoms. The molecule has 1 fully saturated rings. The van der Waals surface area contributed by atoms with Gasteiger partial charge in [-0.15, -0.1) is 0 Å². The first kappa shape index (κ1) is 12.3. The van der Waals surface area contributed by atoms with Crippen molar-refractivity contribution in [2.45, 2.75) is 45.4 Å². The van der Waals surface area contributed by atoms with Crippen molar-refractivity contribution in [3.8, 4) is 0 Å². The van der Waals surface area contributed by atoms with Gasteiger partial charge in [0, 0.05) is 12.3 Å². The van der Waals surface area contributed by atoms with E-state index in [4.69, 9.17) is 0 Å². The van der Waals surface area contributed by atoms with Crippen LogP contribution in [0.3, 0.4) is 0 Å². The van der Waals surface area contributed by atoms with Gasteiger partial charge in [-0.1, -0.05) is 51.1 Å². The molecule has 0 N–H and O–H groups in total.